The first-order valence-electron chi connectivity index (χ1n) is 3.71. The molecule has 1 aliphatic heterocycles. The van der Waals surface area contributed by atoms with Gasteiger partial charge in [-0.15, -0.1) is 0 Å². The Hall–Kier alpha value is -0.620. The fraction of sp³-hybridized carbons (Fsp3) is 0.833. The van der Waals surface area contributed by atoms with Crippen LogP contribution in [0.15, 0.2) is 0 Å². The van der Waals surface area contributed by atoms with Crippen LogP contribution in [-0.4, -0.2) is 37.9 Å². The van der Waals surface area contributed by atoms with E-state index in [-0.39, 0.29) is 29.5 Å². The summed E-state index contributed by atoms with van der Waals surface area (Å²) in [5, 5.41) is 2.57. The van der Waals surface area contributed by atoms with E-state index >= 15 is 0 Å². The Labute approximate surface area is 71.2 Å². The molecule has 1 amide bonds. The molecular formula is C6H13N2O3S+. The van der Waals surface area contributed by atoms with Crippen LogP contribution in [-0.2, 0) is 14.6 Å². The molecule has 1 heterocycles. The normalized spacial score (nSPS) is 33.2. The van der Waals surface area contributed by atoms with Crippen molar-refractivity contribution in [3.05, 3.63) is 0 Å². The standard InChI is InChI=1S/C6H12N2O3S/c1-4(9)8-6-3-12(10,11)2-5(6)7/h5-6H,2-3,7H2,1H3,(H,8,9)/p+1/t5-,6-/m1/s1. The highest BCUT2D eigenvalue weighted by Gasteiger charge is 2.38. The molecule has 0 bridgehead atoms. The average Bonchev–Trinajstić information content (AvgIpc) is 2.03. The summed E-state index contributed by atoms with van der Waals surface area (Å²) in [4.78, 5) is 10.6. The van der Waals surface area contributed by atoms with Crippen LogP contribution in [0.25, 0.3) is 0 Å². The van der Waals surface area contributed by atoms with Gasteiger partial charge in [0.15, 0.2) is 9.84 Å². The third-order valence-corrected chi connectivity index (χ3v) is 3.66. The fourth-order valence-electron chi connectivity index (χ4n) is 1.34. The van der Waals surface area contributed by atoms with Crippen molar-refractivity contribution in [2.24, 2.45) is 0 Å². The number of rotatable bonds is 1. The second-order valence-corrected chi connectivity index (χ2v) is 5.30. The van der Waals surface area contributed by atoms with Gasteiger partial charge in [0.05, 0.1) is 11.8 Å². The van der Waals surface area contributed by atoms with Crippen LogP contribution in [0.3, 0.4) is 0 Å². The lowest BCUT2D eigenvalue weighted by atomic mass is 10.2. The van der Waals surface area contributed by atoms with Crippen LogP contribution >= 0.6 is 0 Å². The maximum absolute atomic E-state index is 11.0. The summed E-state index contributed by atoms with van der Waals surface area (Å²) in [6.07, 6.45) is 0. The molecule has 1 rings (SSSR count). The quantitative estimate of drug-likeness (QED) is 0.483. The van der Waals surface area contributed by atoms with Crippen molar-refractivity contribution in [3.8, 4) is 0 Å². The molecule has 5 nitrogen and oxygen atoms in total. The molecule has 0 aliphatic carbocycles. The van der Waals surface area contributed by atoms with Crippen molar-refractivity contribution in [1.82, 2.24) is 5.32 Å². The molecule has 0 unspecified atom stereocenters. The zero-order valence-corrected chi connectivity index (χ0v) is 7.73. The van der Waals surface area contributed by atoms with E-state index < -0.39 is 9.84 Å². The molecule has 1 saturated heterocycles. The zero-order valence-electron chi connectivity index (χ0n) is 6.91. The molecule has 70 valence electrons. The Morgan fingerprint density at radius 2 is 2.08 bits per heavy atom. The van der Waals surface area contributed by atoms with Gasteiger partial charge in [-0.1, -0.05) is 0 Å². The summed E-state index contributed by atoms with van der Waals surface area (Å²) >= 11 is 0. The van der Waals surface area contributed by atoms with Gasteiger partial charge in [-0.3, -0.25) is 4.79 Å². The topological polar surface area (TPSA) is 90.9 Å². The Kier molecular flexibility index (Phi) is 2.39. The van der Waals surface area contributed by atoms with Crippen molar-refractivity contribution in [2.75, 3.05) is 11.5 Å². The molecular weight excluding hydrogens is 180 g/mol. The van der Waals surface area contributed by atoms with Crippen molar-refractivity contribution in [1.29, 1.82) is 0 Å². The second-order valence-electron chi connectivity index (χ2n) is 3.14. The lowest BCUT2D eigenvalue weighted by Gasteiger charge is -2.10. The van der Waals surface area contributed by atoms with Gasteiger partial charge >= 0.3 is 0 Å². The first kappa shape index (κ1) is 9.47. The van der Waals surface area contributed by atoms with Crippen LogP contribution in [0.2, 0.25) is 0 Å². The average molecular weight is 193 g/mol. The fourth-order valence-corrected chi connectivity index (χ4v) is 3.26. The van der Waals surface area contributed by atoms with Gasteiger partial charge < -0.3 is 11.1 Å². The van der Waals surface area contributed by atoms with Gasteiger partial charge in [-0.05, 0) is 0 Å². The van der Waals surface area contributed by atoms with E-state index in [1.54, 1.807) is 0 Å². The first-order valence-corrected chi connectivity index (χ1v) is 5.53. The van der Waals surface area contributed by atoms with Gasteiger partial charge in [0, 0.05) is 6.92 Å². The van der Waals surface area contributed by atoms with Crippen LogP contribution in [0, 0.1) is 0 Å². The molecule has 0 aromatic heterocycles. The van der Waals surface area contributed by atoms with E-state index in [0.29, 0.717) is 0 Å². The highest BCUT2D eigenvalue weighted by molar-refractivity contribution is 7.91. The molecule has 6 heteroatoms. The van der Waals surface area contributed by atoms with E-state index in [2.05, 4.69) is 11.1 Å². The van der Waals surface area contributed by atoms with Gasteiger partial charge in [-0.2, -0.15) is 0 Å². The van der Waals surface area contributed by atoms with E-state index in [9.17, 15) is 13.2 Å². The van der Waals surface area contributed by atoms with Crippen LogP contribution in [0.5, 0.6) is 0 Å². The summed E-state index contributed by atoms with van der Waals surface area (Å²) in [7, 11) is -2.97. The lowest BCUT2D eigenvalue weighted by Crippen LogP contribution is -2.69. The minimum Gasteiger partial charge on any atom is -0.353 e. The largest absolute Gasteiger partial charge is 0.353 e. The minimum absolute atomic E-state index is 0.0285. The van der Waals surface area contributed by atoms with Crippen LogP contribution < -0.4 is 11.1 Å². The maximum atomic E-state index is 11.0. The second kappa shape index (κ2) is 3.02. The smallest absolute Gasteiger partial charge is 0.217 e. The van der Waals surface area contributed by atoms with Crippen molar-refractivity contribution >= 4 is 15.7 Å². The summed E-state index contributed by atoms with van der Waals surface area (Å²) in [5.41, 5.74) is 3.67. The Bertz CT molecular complexity index is 285. The summed E-state index contributed by atoms with van der Waals surface area (Å²) in [5.74, 6) is -0.0932. The van der Waals surface area contributed by atoms with E-state index in [0.717, 1.165) is 0 Å². The lowest BCUT2D eigenvalue weighted by molar-refractivity contribution is -0.415. The Balaban J connectivity index is 2.64. The SMILES string of the molecule is CC(=O)N[C@@H]1CS(=O)(=O)C[C@H]1[NH3+]. The molecule has 0 radical (unpaired) electrons. The number of nitrogens with one attached hydrogen (secondary N) is 1. The third kappa shape index (κ3) is 2.18. The van der Waals surface area contributed by atoms with Gasteiger partial charge in [-0.25, -0.2) is 8.42 Å². The molecule has 2 atom stereocenters. The van der Waals surface area contributed by atoms with E-state index in [1.807, 2.05) is 0 Å². The van der Waals surface area contributed by atoms with E-state index in [4.69, 9.17) is 0 Å². The van der Waals surface area contributed by atoms with Gasteiger partial charge in [0.2, 0.25) is 5.91 Å². The third-order valence-electron chi connectivity index (χ3n) is 1.86. The first-order chi connectivity index (χ1) is 5.41. The van der Waals surface area contributed by atoms with Gasteiger partial charge in [0.1, 0.15) is 11.8 Å². The number of carbonyl (C=O) groups is 1. The summed E-state index contributed by atoms with van der Waals surface area (Å²) in [6, 6.07) is -0.508. The van der Waals surface area contributed by atoms with Crippen LogP contribution in [0.1, 0.15) is 6.92 Å². The molecule has 0 spiro atoms. The van der Waals surface area contributed by atoms with Gasteiger partial charge in [0.25, 0.3) is 0 Å². The van der Waals surface area contributed by atoms with E-state index in [1.165, 1.54) is 6.92 Å². The highest BCUT2D eigenvalue weighted by atomic mass is 32.2. The summed E-state index contributed by atoms with van der Waals surface area (Å²) < 4.78 is 22.1. The number of hydrogen-bond acceptors (Lipinski definition) is 3. The molecule has 12 heavy (non-hydrogen) atoms. The number of hydrogen-bond donors (Lipinski definition) is 2. The van der Waals surface area contributed by atoms with Crippen molar-refractivity contribution in [2.45, 2.75) is 19.0 Å². The predicted octanol–water partition coefficient (Wildman–Crippen LogP) is -2.47. The zero-order chi connectivity index (χ0) is 9.35. The highest BCUT2D eigenvalue weighted by Crippen LogP contribution is 2.08. The molecule has 1 aliphatic rings. The number of quaternary nitrogens is 1. The maximum Gasteiger partial charge on any atom is 0.217 e. The number of carbonyl (C=O) groups excluding carboxylic acids is 1. The number of sulfone groups is 1. The Morgan fingerprint density at radius 3 is 2.42 bits per heavy atom. The molecule has 0 aromatic carbocycles. The molecule has 4 N–H and O–H groups in total. The van der Waals surface area contributed by atoms with Crippen LogP contribution in [0.4, 0.5) is 0 Å². The minimum atomic E-state index is -2.97. The monoisotopic (exact) mass is 193 g/mol. The van der Waals surface area contributed by atoms with Crippen molar-refractivity contribution in [3.63, 3.8) is 0 Å². The molecule has 1 fully saturated rings. The number of amides is 1. The van der Waals surface area contributed by atoms with Crippen molar-refractivity contribution < 1.29 is 18.9 Å². The predicted molar refractivity (Wildman–Crippen MR) is 42.9 cm³/mol. The Morgan fingerprint density at radius 1 is 1.50 bits per heavy atom. The molecule has 0 aromatic rings. The summed E-state index contributed by atoms with van der Waals surface area (Å²) in [6.45, 7) is 1.37. The molecule has 0 saturated carbocycles.